The number of cyclic esters (lactones) is 1. The van der Waals surface area contributed by atoms with Crippen LogP contribution in [0.1, 0.15) is 5.82 Å². The molecule has 6 nitrogen and oxygen atoms in total. The smallest absolute Gasteiger partial charge is 0.407 e. The fourth-order valence-electron chi connectivity index (χ4n) is 2.27. The Bertz CT molecular complexity index is 671. The summed E-state index contributed by atoms with van der Waals surface area (Å²) in [5.74, 6) is 0.701. The van der Waals surface area contributed by atoms with Crippen LogP contribution in [-0.2, 0) is 17.7 Å². The van der Waals surface area contributed by atoms with Gasteiger partial charge in [-0.05, 0) is 12.1 Å². The number of para-hydroxylation sites is 2. The minimum atomic E-state index is -0.392. The average molecular weight is 256 g/mol. The first-order valence-corrected chi connectivity index (χ1v) is 6.03. The maximum Gasteiger partial charge on any atom is 0.407 e. The van der Waals surface area contributed by atoms with Crippen molar-refractivity contribution in [3.63, 3.8) is 0 Å². The molecule has 0 bridgehead atoms. The van der Waals surface area contributed by atoms with Crippen LogP contribution >= 0.6 is 0 Å². The van der Waals surface area contributed by atoms with E-state index in [4.69, 9.17) is 10.00 Å². The van der Waals surface area contributed by atoms with Gasteiger partial charge in [0, 0.05) is 0 Å². The minimum Gasteiger partial charge on any atom is -0.442 e. The van der Waals surface area contributed by atoms with Crippen molar-refractivity contribution in [3.05, 3.63) is 30.1 Å². The number of nitrogens with zero attached hydrogens (tertiary/aromatic N) is 3. The van der Waals surface area contributed by atoms with Crippen molar-refractivity contribution in [3.8, 4) is 6.07 Å². The number of alkyl carbamates (subject to hydrolysis) is 1. The molecule has 6 heteroatoms. The lowest BCUT2D eigenvalue weighted by Crippen LogP contribution is -2.21. The largest absolute Gasteiger partial charge is 0.442 e. The van der Waals surface area contributed by atoms with E-state index in [2.05, 4.69) is 16.4 Å². The Morgan fingerprint density at radius 1 is 1.53 bits per heavy atom. The zero-order valence-electron chi connectivity index (χ0n) is 10.2. The number of imidazole rings is 1. The summed E-state index contributed by atoms with van der Waals surface area (Å²) < 4.78 is 7.08. The van der Waals surface area contributed by atoms with Crippen LogP contribution in [0.25, 0.3) is 11.0 Å². The molecule has 1 aliphatic rings. The molecule has 2 aromatic rings. The molecule has 1 amide bonds. The molecule has 96 valence electrons. The van der Waals surface area contributed by atoms with E-state index in [0.717, 1.165) is 11.0 Å². The zero-order valence-corrected chi connectivity index (χ0v) is 10.2. The van der Waals surface area contributed by atoms with Crippen molar-refractivity contribution in [2.75, 3.05) is 6.54 Å². The number of benzene rings is 1. The Labute approximate surface area is 109 Å². The second kappa shape index (κ2) is 4.61. The Morgan fingerprint density at radius 2 is 2.37 bits per heavy atom. The van der Waals surface area contributed by atoms with Gasteiger partial charge in [-0.2, -0.15) is 5.26 Å². The maximum atomic E-state index is 11.0. The van der Waals surface area contributed by atoms with Gasteiger partial charge in [-0.15, -0.1) is 0 Å². The summed E-state index contributed by atoms with van der Waals surface area (Å²) in [5, 5.41) is 11.5. The first-order chi connectivity index (χ1) is 9.28. The summed E-state index contributed by atoms with van der Waals surface area (Å²) in [5.41, 5.74) is 1.81. The molecule has 1 aliphatic heterocycles. The normalized spacial score (nSPS) is 18.1. The highest BCUT2D eigenvalue weighted by atomic mass is 16.6. The van der Waals surface area contributed by atoms with Crippen LogP contribution in [0.2, 0.25) is 0 Å². The van der Waals surface area contributed by atoms with Crippen molar-refractivity contribution < 1.29 is 9.53 Å². The molecule has 1 atom stereocenters. The van der Waals surface area contributed by atoms with E-state index < -0.39 is 6.09 Å². The van der Waals surface area contributed by atoms with Gasteiger partial charge in [0.05, 0.1) is 36.6 Å². The number of hydrogen-bond acceptors (Lipinski definition) is 4. The van der Waals surface area contributed by atoms with E-state index in [0.29, 0.717) is 18.9 Å². The van der Waals surface area contributed by atoms with Crippen LogP contribution in [0, 0.1) is 11.3 Å². The molecule has 1 aromatic carbocycles. The van der Waals surface area contributed by atoms with Crippen LogP contribution in [0.4, 0.5) is 4.79 Å². The first kappa shape index (κ1) is 11.5. The van der Waals surface area contributed by atoms with Gasteiger partial charge in [0.15, 0.2) is 0 Å². The molecule has 0 saturated carbocycles. The van der Waals surface area contributed by atoms with E-state index in [1.807, 2.05) is 28.8 Å². The van der Waals surface area contributed by atoms with Gasteiger partial charge < -0.3 is 14.6 Å². The van der Waals surface area contributed by atoms with E-state index in [9.17, 15) is 4.79 Å². The van der Waals surface area contributed by atoms with Crippen LogP contribution in [0.3, 0.4) is 0 Å². The number of rotatable bonds is 3. The molecule has 1 fully saturated rings. The van der Waals surface area contributed by atoms with Gasteiger partial charge in [-0.3, -0.25) is 0 Å². The number of carbonyl (C=O) groups excluding carboxylic acids is 1. The molecule has 1 unspecified atom stereocenters. The second-order valence-electron chi connectivity index (χ2n) is 4.37. The Morgan fingerprint density at radius 3 is 3.11 bits per heavy atom. The first-order valence-electron chi connectivity index (χ1n) is 6.03. The van der Waals surface area contributed by atoms with E-state index in [1.165, 1.54) is 0 Å². The predicted octanol–water partition coefficient (Wildman–Crippen LogP) is 1.21. The molecule has 3 rings (SSSR count). The van der Waals surface area contributed by atoms with E-state index >= 15 is 0 Å². The average Bonchev–Trinajstić information content (AvgIpc) is 2.96. The number of hydrogen-bond donors (Lipinski definition) is 1. The molecular weight excluding hydrogens is 244 g/mol. The highest BCUT2D eigenvalue weighted by Gasteiger charge is 2.24. The fourth-order valence-corrected chi connectivity index (χ4v) is 2.27. The third-order valence-electron chi connectivity index (χ3n) is 3.10. The molecule has 0 radical (unpaired) electrons. The third-order valence-corrected chi connectivity index (χ3v) is 3.10. The van der Waals surface area contributed by atoms with Gasteiger partial charge in [0.25, 0.3) is 0 Å². The Balaban J connectivity index is 1.98. The maximum absolute atomic E-state index is 11.0. The topological polar surface area (TPSA) is 79.9 Å². The zero-order chi connectivity index (χ0) is 13.2. The molecule has 2 heterocycles. The summed E-state index contributed by atoms with van der Waals surface area (Å²) in [6.45, 7) is 0.994. The fraction of sp³-hybridized carbons (Fsp3) is 0.308. The third kappa shape index (κ3) is 2.10. The lowest BCUT2D eigenvalue weighted by atomic mass is 10.3. The molecule has 1 saturated heterocycles. The molecule has 0 spiro atoms. The summed E-state index contributed by atoms with van der Waals surface area (Å²) >= 11 is 0. The van der Waals surface area contributed by atoms with Crippen molar-refractivity contribution in [2.45, 2.75) is 19.1 Å². The monoisotopic (exact) mass is 256 g/mol. The highest BCUT2D eigenvalue weighted by molar-refractivity contribution is 5.76. The van der Waals surface area contributed by atoms with E-state index in [1.54, 1.807) is 0 Å². The quantitative estimate of drug-likeness (QED) is 0.895. The molecule has 0 aliphatic carbocycles. The van der Waals surface area contributed by atoms with Gasteiger partial charge in [0.2, 0.25) is 0 Å². The highest BCUT2D eigenvalue weighted by Crippen LogP contribution is 2.18. The Hall–Kier alpha value is -2.55. The molecular formula is C13H12N4O2. The summed E-state index contributed by atoms with van der Waals surface area (Å²) in [6, 6.07) is 9.81. The number of amides is 1. The summed E-state index contributed by atoms with van der Waals surface area (Å²) in [6.07, 6.45) is -0.373. The molecule has 1 N–H and O–H groups in total. The SMILES string of the molecule is N#CCc1nc2ccccc2n1CC1CNC(=O)O1. The van der Waals surface area contributed by atoms with E-state index in [-0.39, 0.29) is 12.5 Å². The number of fused-ring (bicyclic) bond motifs is 1. The molecule has 1 aromatic heterocycles. The van der Waals surface area contributed by atoms with Crippen LogP contribution < -0.4 is 5.32 Å². The lowest BCUT2D eigenvalue weighted by Gasteiger charge is -2.11. The van der Waals surface area contributed by atoms with Gasteiger partial charge in [0.1, 0.15) is 11.9 Å². The number of nitrogens with one attached hydrogen (secondary N) is 1. The summed E-state index contributed by atoms with van der Waals surface area (Å²) in [4.78, 5) is 15.5. The van der Waals surface area contributed by atoms with Gasteiger partial charge >= 0.3 is 6.09 Å². The summed E-state index contributed by atoms with van der Waals surface area (Å²) in [7, 11) is 0. The van der Waals surface area contributed by atoms with Crippen LogP contribution in [0.5, 0.6) is 0 Å². The van der Waals surface area contributed by atoms with Crippen molar-refractivity contribution in [1.29, 1.82) is 5.26 Å². The van der Waals surface area contributed by atoms with Gasteiger partial charge in [-0.1, -0.05) is 12.1 Å². The predicted molar refractivity (Wildman–Crippen MR) is 67.3 cm³/mol. The molecule has 19 heavy (non-hydrogen) atoms. The number of carbonyl (C=O) groups is 1. The number of nitriles is 1. The van der Waals surface area contributed by atoms with Crippen LogP contribution in [0.15, 0.2) is 24.3 Å². The standard InChI is InChI=1S/C13H12N4O2/c14-6-5-12-16-10-3-1-2-4-11(10)17(12)8-9-7-15-13(18)19-9/h1-4,9H,5,7-8H2,(H,15,18). The van der Waals surface area contributed by atoms with Crippen molar-refractivity contribution in [1.82, 2.24) is 14.9 Å². The second-order valence-corrected chi connectivity index (χ2v) is 4.37. The minimum absolute atomic E-state index is 0.220. The lowest BCUT2D eigenvalue weighted by molar-refractivity contribution is 0.131. The Kier molecular flexibility index (Phi) is 2.80. The van der Waals surface area contributed by atoms with Gasteiger partial charge in [-0.25, -0.2) is 9.78 Å². The van der Waals surface area contributed by atoms with Crippen molar-refractivity contribution in [2.24, 2.45) is 0 Å². The number of ether oxygens (including phenoxy) is 1. The number of aromatic nitrogens is 2. The van der Waals surface area contributed by atoms with Crippen molar-refractivity contribution >= 4 is 17.1 Å². The van der Waals surface area contributed by atoms with Crippen LogP contribution in [-0.4, -0.2) is 28.3 Å².